The van der Waals surface area contributed by atoms with Crippen LogP contribution in [0.5, 0.6) is 0 Å². The summed E-state index contributed by atoms with van der Waals surface area (Å²) in [5.41, 5.74) is -0.744. The normalized spacial score (nSPS) is 15.4. The highest BCUT2D eigenvalue weighted by atomic mass is 19.1. The minimum atomic E-state index is -1.02. The van der Waals surface area contributed by atoms with E-state index in [0.717, 1.165) is 18.2 Å². The number of aromatic nitrogens is 2. The van der Waals surface area contributed by atoms with Crippen LogP contribution < -0.4 is 10.6 Å². The summed E-state index contributed by atoms with van der Waals surface area (Å²) in [5, 5.41) is 11.3. The number of rotatable bonds is 6. The number of halogens is 3. The Kier molecular flexibility index (Phi) is 6.30. The van der Waals surface area contributed by atoms with E-state index in [-0.39, 0.29) is 17.4 Å². The highest BCUT2D eigenvalue weighted by Crippen LogP contribution is 2.18. The number of piperidine rings is 1. The molecule has 0 spiro atoms. The molecule has 0 unspecified atom stereocenters. The van der Waals surface area contributed by atoms with Gasteiger partial charge in [-0.15, -0.1) is 0 Å². The van der Waals surface area contributed by atoms with E-state index >= 15 is 0 Å². The maximum Gasteiger partial charge on any atom is 0.271 e. The van der Waals surface area contributed by atoms with Crippen molar-refractivity contribution in [2.75, 3.05) is 31.6 Å². The van der Waals surface area contributed by atoms with Gasteiger partial charge in [0.1, 0.15) is 29.6 Å². The number of alkyl halides is 1. The van der Waals surface area contributed by atoms with Gasteiger partial charge < -0.3 is 15.5 Å². The van der Waals surface area contributed by atoms with Crippen molar-refractivity contribution in [1.82, 2.24) is 20.4 Å². The largest absolute Gasteiger partial charge is 0.348 e. The Morgan fingerprint density at radius 2 is 1.86 bits per heavy atom. The highest BCUT2D eigenvalue weighted by Gasteiger charge is 2.24. The third-order valence-corrected chi connectivity index (χ3v) is 4.63. The number of aromatic amines is 1. The molecule has 3 rings (SSSR count). The Labute approximate surface area is 159 Å². The van der Waals surface area contributed by atoms with Crippen molar-refractivity contribution >= 4 is 17.5 Å². The Balaban J connectivity index is 1.63. The fourth-order valence-corrected chi connectivity index (χ4v) is 3.13. The summed E-state index contributed by atoms with van der Waals surface area (Å²) in [5.74, 6) is -3.53. The summed E-state index contributed by atoms with van der Waals surface area (Å²) in [4.78, 5) is 26.7. The molecule has 3 N–H and O–H groups in total. The molecule has 2 aromatic rings. The summed E-state index contributed by atoms with van der Waals surface area (Å²) in [6.45, 7) is 1.32. The quantitative estimate of drug-likeness (QED) is 0.699. The van der Waals surface area contributed by atoms with E-state index in [1.807, 2.05) is 4.90 Å². The molecule has 0 radical (unpaired) electrons. The Bertz CT molecular complexity index is 829. The summed E-state index contributed by atoms with van der Waals surface area (Å²) in [7, 11) is 0. The van der Waals surface area contributed by atoms with Crippen LogP contribution in [-0.2, 0) is 0 Å². The Morgan fingerprint density at radius 1 is 1.18 bits per heavy atom. The standard InChI is InChI=1S/C18H20F3N5O2/c19-6-9-26-7-4-11(5-8-26)23-18(28)16-14(10-22-25-16)24-17(27)15-12(20)2-1-3-13(15)21/h1-3,10-11H,4-9H2,(H,22,25)(H,23,28)(H,24,27). The molecule has 1 aromatic carbocycles. The van der Waals surface area contributed by atoms with Crippen LogP contribution in [0.1, 0.15) is 33.7 Å². The van der Waals surface area contributed by atoms with E-state index in [1.165, 1.54) is 6.20 Å². The predicted molar refractivity (Wildman–Crippen MR) is 95.8 cm³/mol. The minimum Gasteiger partial charge on any atom is -0.348 e. The maximum atomic E-state index is 13.8. The van der Waals surface area contributed by atoms with Gasteiger partial charge in [0.2, 0.25) is 0 Å². The monoisotopic (exact) mass is 395 g/mol. The number of anilines is 1. The second-order valence-electron chi connectivity index (χ2n) is 6.49. The second kappa shape index (κ2) is 8.87. The first-order chi connectivity index (χ1) is 13.5. The van der Waals surface area contributed by atoms with Crippen molar-refractivity contribution in [2.45, 2.75) is 18.9 Å². The lowest BCUT2D eigenvalue weighted by Gasteiger charge is -2.31. The van der Waals surface area contributed by atoms with E-state index < -0.39 is 35.7 Å². The summed E-state index contributed by atoms with van der Waals surface area (Å²) < 4.78 is 39.9. The first kappa shape index (κ1) is 19.9. The second-order valence-corrected chi connectivity index (χ2v) is 6.49. The Hall–Kier alpha value is -2.88. The third kappa shape index (κ3) is 4.50. The van der Waals surface area contributed by atoms with Gasteiger partial charge in [-0.05, 0) is 25.0 Å². The molecule has 150 valence electrons. The smallest absolute Gasteiger partial charge is 0.271 e. The van der Waals surface area contributed by atoms with Gasteiger partial charge in [-0.2, -0.15) is 5.10 Å². The molecule has 1 saturated heterocycles. The number of likely N-dealkylation sites (tertiary alicyclic amines) is 1. The molecular weight excluding hydrogens is 375 g/mol. The first-order valence-corrected chi connectivity index (χ1v) is 8.87. The third-order valence-electron chi connectivity index (χ3n) is 4.63. The van der Waals surface area contributed by atoms with Crippen molar-refractivity contribution in [3.8, 4) is 0 Å². The van der Waals surface area contributed by atoms with Crippen LogP contribution in [0.4, 0.5) is 18.9 Å². The van der Waals surface area contributed by atoms with Gasteiger partial charge in [0.05, 0.1) is 11.9 Å². The molecule has 7 nitrogen and oxygen atoms in total. The van der Waals surface area contributed by atoms with E-state index in [1.54, 1.807) is 0 Å². The topological polar surface area (TPSA) is 90.1 Å². The minimum absolute atomic E-state index is 0.0139. The van der Waals surface area contributed by atoms with Crippen LogP contribution in [0.25, 0.3) is 0 Å². The fraction of sp³-hybridized carbons (Fsp3) is 0.389. The number of nitrogens with one attached hydrogen (secondary N) is 3. The molecule has 10 heteroatoms. The van der Waals surface area contributed by atoms with Crippen LogP contribution in [-0.4, -0.2) is 59.3 Å². The van der Waals surface area contributed by atoms with Crippen molar-refractivity contribution in [2.24, 2.45) is 0 Å². The summed E-state index contributed by atoms with van der Waals surface area (Å²) in [6, 6.07) is 2.99. The molecule has 0 bridgehead atoms. The van der Waals surface area contributed by atoms with Gasteiger partial charge in [0.15, 0.2) is 0 Å². The fourth-order valence-electron chi connectivity index (χ4n) is 3.13. The maximum absolute atomic E-state index is 13.8. The zero-order chi connectivity index (χ0) is 20.1. The van der Waals surface area contributed by atoms with Gasteiger partial charge in [0, 0.05) is 25.7 Å². The average molecular weight is 395 g/mol. The van der Waals surface area contributed by atoms with Crippen molar-refractivity contribution in [3.63, 3.8) is 0 Å². The molecular formula is C18H20F3N5O2. The van der Waals surface area contributed by atoms with Gasteiger partial charge in [-0.3, -0.25) is 14.7 Å². The number of nitrogens with zero attached hydrogens (tertiary/aromatic N) is 2. The molecule has 28 heavy (non-hydrogen) atoms. The summed E-state index contributed by atoms with van der Waals surface area (Å²) >= 11 is 0. The molecule has 2 amide bonds. The number of carbonyl (C=O) groups is 2. The van der Waals surface area contributed by atoms with E-state index in [9.17, 15) is 22.8 Å². The first-order valence-electron chi connectivity index (χ1n) is 8.87. The number of hydrogen-bond donors (Lipinski definition) is 3. The molecule has 1 aliphatic heterocycles. The lowest BCUT2D eigenvalue weighted by atomic mass is 10.0. The van der Waals surface area contributed by atoms with Crippen molar-refractivity contribution < 1.29 is 22.8 Å². The molecule has 0 aliphatic carbocycles. The van der Waals surface area contributed by atoms with Crippen LogP contribution in [0.15, 0.2) is 24.4 Å². The van der Waals surface area contributed by atoms with Crippen LogP contribution in [0.3, 0.4) is 0 Å². The summed E-state index contributed by atoms with van der Waals surface area (Å²) in [6.07, 6.45) is 2.53. The van der Waals surface area contributed by atoms with Gasteiger partial charge in [0.25, 0.3) is 11.8 Å². The number of H-pyrrole nitrogens is 1. The van der Waals surface area contributed by atoms with Crippen molar-refractivity contribution in [1.29, 1.82) is 0 Å². The van der Waals surface area contributed by atoms with Crippen LogP contribution in [0.2, 0.25) is 0 Å². The number of benzene rings is 1. The average Bonchev–Trinajstić information content (AvgIpc) is 3.11. The van der Waals surface area contributed by atoms with E-state index in [2.05, 4.69) is 20.8 Å². The molecule has 0 saturated carbocycles. The zero-order valence-corrected chi connectivity index (χ0v) is 15.0. The van der Waals surface area contributed by atoms with E-state index in [0.29, 0.717) is 32.5 Å². The molecule has 2 heterocycles. The zero-order valence-electron chi connectivity index (χ0n) is 15.0. The number of hydrogen-bond acceptors (Lipinski definition) is 4. The SMILES string of the molecule is O=C(NC1CCN(CCF)CC1)c1[nH]ncc1NC(=O)c1c(F)cccc1F. The van der Waals surface area contributed by atoms with Crippen molar-refractivity contribution in [3.05, 3.63) is 47.3 Å². The lowest BCUT2D eigenvalue weighted by Crippen LogP contribution is -2.45. The predicted octanol–water partition coefficient (Wildman–Crippen LogP) is 2.10. The van der Waals surface area contributed by atoms with Crippen LogP contribution in [0, 0.1) is 11.6 Å². The Morgan fingerprint density at radius 3 is 2.50 bits per heavy atom. The molecule has 1 fully saturated rings. The number of amides is 2. The van der Waals surface area contributed by atoms with Gasteiger partial charge in [-0.1, -0.05) is 6.07 Å². The lowest BCUT2D eigenvalue weighted by molar-refractivity contribution is 0.0904. The van der Waals surface area contributed by atoms with Gasteiger partial charge in [-0.25, -0.2) is 13.2 Å². The highest BCUT2D eigenvalue weighted by molar-refractivity contribution is 6.08. The molecule has 1 aromatic heterocycles. The van der Waals surface area contributed by atoms with E-state index in [4.69, 9.17) is 0 Å². The van der Waals surface area contributed by atoms with Gasteiger partial charge >= 0.3 is 0 Å². The van der Waals surface area contributed by atoms with Crippen LogP contribution >= 0.6 is 0 Å². The molecule has 0 atom stereocenters. The molecule has 1 aliphatic rings. The number of carbonyl (C=O) groups excluding carboxylic acids is 2.